The van der Waals surface area contributed by atoms with Gasteiger partial charge in [0.2, 0.25) is 5.91 Å². The van der Waals surface area contributed by atoms with E-state index in [9.17, 15) is 9.18 Å². The van der Waals surface area contributed by atoms with Crippen molar-refractivity contribution in [1.82, 2.24) is 15.2 Å². The molecular formula is C21H26FN3O. The second-order valence-corrected chi connectivity index (χ2v) is 6.77. The molecule has 1 atom stereocenters. The van der Waals surface area contributed by atoms with Crippen LogP contribution in [-0.2, 0) is 11.2 Å². The molecule has 138 valence electrons. The third-order valence-electron chi connectivity index (χ3n) is 4.82. The molecule has 1 saturated heterocycles. The number of piperidine rings is 1. The van der Waals surface area contributed by atoms with E-state index in [4.69, 9.17) is 0 Å². The molecule has 1 aromatic heterocycles. The average molecular weight is 355 g/mol. The van der Waals surface area contributed by atoms with Crippen molar-refractivity contribution in [3.05, 3.63) is 65.7 Å². The number of rotatable bonds is 7. The van der Waals surface area contributed by atoms with Crippen molar-refractivity contribution < 1.29 is 9.18 Å². The third kappa shape index (κ3) is 5.11. The first-order valence-corrected chi connectivity index (χ1v) is 9.41. The number of benzene rings is 1. The van der Waals surface area contributed by atoms with Gasteiger partial charge >= 0.3 is 0 Å². The predicted octanol–water partition coefficient (Wildman–Crippen LogP) is 3.50. The van der Waals surface area contributed by atoms with Gasteiger partial charge in [0.15, 0.2) is 0 Å². The maximum Gasteiger partial charge on any atom is 0.241 e. The number of nitrogens with zero attached hydrogens (tertiary/aromatic N) is 2. The zero-order valence-corrected chi connectivity index (χ0v) is 15.0. The summed E-state index contributed by atoms with van der Waals surface area (Å²) in [6.07, 6.45) is 6.88. The zero-order valence-electron chi connectivity index (χ0n) is 15.0. The van der Waals surface area contributed by atoms with E-state index in [1.807, 2.05) is 18.2 Å². The number of amides is 1. The topological polar surface area (TPSA) is 45.2 Å². The fourth-order valence-corrected chi connectivity index (χ4v) is 3.47. The quantitative estimate of drug-likeness (QED) is 0.773. The normalized spacial score (nSPS) is 16.2. The van der Waals surface area contributed by atoms with Crippen LogP contribution in [0.3, 0.4) is 0 Å². The van der Waals surface area contributed by atoms with Gasteiger partial charge in [-0.05, 0) is 68.6 Å². The van der Waals surface area contributed by atoms with Gasteiger partial charge < -0.3 is 5.32 Å². The largest absolute Gasteiger partial charge is 0.354 e. The summed E-state index contributed by atoms with van der Waals surface area (Å²) in [4.78, 5) is 19.4. The van der Waals surface area contributed by atoms with Gasteiger partial charge in [0.05, 0.1) is 0 Å². The van der Waals surface area contributed by atoms with Crippen molar-refractivity contribution in [3.63, 3.8) is 0 Å². The molecule has 0 bridgehead atoms. The molecule has 4 nitrogen and oxygen atoms in total. The van der Waals surface area contributed by atoms with Crippen molar-refractivity contribution in [2.75, 3.05) is 19.6 Å². The number of likely N-dealkylation sites (tertiary alicyclic amines) is 1. The van der Waals surface area contributed by atoms with Crippen LogP contribution < -0.4 is 5.32 Å². The molecule has 1 amide bonds. The van der Waals surface area contributed by atoms with E-state index < -0.39 is 0 Å². The van der Waals surface area contributed by atoms with Crippen molar-refractivity contribution in [1.29, 1.82) is 0 Å². The van der Waals surface area contributed by atoms with Gasteiger partial charge in [0.25, 0.3) is 0 Å². The number of aryl methyl sites for hydroxylation is 1. The highest BCUT2D eigenvalue weighted by Crippen LogP contribution is 2.25. The lowest BCUT2D eigenvalue weighted by Crippen LogP contribution is -2.43. The SMILES string of the molecule is O=C(NCCCc1ccccn1)C(c1ccc(F)cc1)N1CCCCC1. The number of pyridine rings is 1. The van der Waals surface area contributed by atoms with Crippen LogP contribution in [-0.4, -0.2) is 35.4 Å². The second-order valence-electron chi connectivity index (χ2n) is 6.77. The number of aromatic nitrogens is 1. The minimum atomic E-state index is -0.342. The molecule has 0 aliphatic carbocycles. The van der Waals surface area contributed by atoms with Crippen LogP contribution in [0.4, 0.5) is 4.39 Å². The van der Waals surface area contributed by atoms with E-state index in [1.165, 1.54) is 18.6 Å². The monoisotopic (exact) mass is 355 g/mol. The smallest absolute Gasteiger partial charge is 0.241 e. The summed E-state index contributed by atoms with van der Waals surface area (Å²) in [6.45, 7) is 2.42. The Hall–Kier alpha value is -2.27. The van der Waals surface area contributed by atoms with Gasteiger partial charge in [0.1, 0.15) is 11.9 Å². The van der Waals surface area contributed by atoms with Crippen LogP contribution >= 0.6 is 0 Å². The molecule has 2 aromatic rings. The molecule has 0 spiro atoms. The highest BCUT2D eigenvalue weighted by molar-refractivity contribution is 5.83. The van der Waals surface area contributed by atoms with Crippen LogP contribution in [0.5, 0.6) is 0 Å². The lowest BCUT2D eigenvalue weighted by Gasteiger charge is -2.34. The summed E-state index contributed by atoms with van der Waals surface area (Å²) in [5.74, 6) is -0.276. The third-order valence-corrected chi connectivity index (χ3v) is 4.82. The van der Waals surface area contributed by atoms with Gasteiger partial charge in [0, 0.05) is 18.4 Å². The highest BCUT2D eigenvalue weighted by atomic mass is 19.1. The minimum absolute atomic E-state index is 0.000436. The number of hydrogen-bond acceptors (Lipinski definition) is 3. The Morgan fingerprint density at radius 3 is 2.58 bits per heavy atom. The molecule has 1 N–H and O–H groups in total. The summed E-state index contributed by atoms with van der Waals surface area (Å²) < 4.78 is 13.3. The first kappa shape index (κ1) is 18.5. The van der Waals surface area contributed by atoms with E-state index in [-0.39, 0.29) is 17.8 Å². The molecule has 5 heteroatoms. The minimum Gasteiger partial charge on any atom is -0.354 e. The Morgan fingerprint density at radius 1 is 1.12 bits per heavy atom. The van der Waals surface area contributed by atoms with E-state index in [0.29, 0.717) is 6.54 Å². The molecule has 3 rings (SSSR count). The Bertz CT molecular complexity index is 684. The maximum absolute atomic E-state index is 13.3. The van der Waals surface area contributed by atoms with Crippen molar-refractivity contribution in [3.8, 4) is 0 Å². The molecular weight excluding hydrogens is 329 g/mol. The van der Waals surface area contributed by atoms with Crippen molar-refractivity contribution in [2.45, 2.75) is 38.1 Å². The lowest BCUT2D eigenvalue weighted by molar-refractivity contribution is -0.127. The lowest BCUT2D eigenvalue weighted by atomic mass is 10.0. The number of nitrogens with one attached hydrogen (secondary N) is 1. The Balaban J connectivity index is 1.59. The summed E-state index contributed by atoms with van der Waals surface area (Å²) in [7, 11) is 0. The Morgan fingerprint density at radius 2 is 1.88 bits per heavy atom. The van der Waals surface area contributed by atoms with Crippen molar-refractivity contribution in [2.24, 2.45) is 0 Å². The average Bonchev–Trinajstić information content (AvgIpc) is 2.69. The summed E-state index contributed by atoms with van der Waals surface area (Å²) in [5.41, 5.74) is 1.89. The first-order chi connectivity index (χ1) is 12.7. The zero-order chi connectivity index (χ0) is 18.2. The van der Waals surface area contributed by atoms with Gasteiger partial charge in [-0.15, -0.1) is 0 Å². The number of hydrogen-bond donors (Lipinski definition) is 1. The van der Waals surface area contributed by atoms with Gasteiger partial charge in [-0.3, -0.25) is 14.7 Å². The molecule has 1 fully saturated rings. The van der Waals surface area contributed by atoms with Crippen LogP contribution in [0.1, 0.15) is 43.0 Å². The molecule has 26 heavy (non-hydrogen) atoms. The molecule has 0 radical (unpaired) electrons. The van der Waals surface area contributed by atoms with E-state index in [0.717, 1.165) is 50.0 Å². The standard InChI is InChI=1S/C21H26FN3O/c22-18-11-9-17(10-12-18)20(25-15-4-1-5-16-25)21(26)24-14-6-8-19-7-2-3-13-23-19/h2-3,7,9-13,20H,1,4-6,8,14-16H2,(H,24,26). The van der Waals surface area contributed by atoms with Crippen LogP contribution in [0.2, 0.25) is 0 Å². The summed E-state index contributed by atoms with van der Waals surface area (Å²) in [5, 5.41) is 3.06. The molecule has 1 aromatic carbocycles. The van der Waals surface area contributed by atoms with E-state index in [1.54, 1.807) is 18.3 Å². The fraction of sp³-hybridized carbons (Fsp3) is 0.429. The van der Waals surface area contributed by atoms with Gasteiger partial charge in [-0.1, -0.05) is 24.6 Å². The number of halogens is 1. The predicted molar refractivity (Wildman–Crippen MR) is 100 cm³/mol. The highest BCUT2D eigenvalue weighted by Gasteiger charge is 2.28. The van der Waals surface area contributed by atoms with Crippen LogP contribution in [0.15, 0.2) is 48.7 Å². The van der Waals surface area contributed by atoms with Crippen LogP contribution in [0, 0.1) is 5.82 Å². The Kier molecular flexibility index (Phi) is 6.72. The van der Waals surface area contributed by atoms with Crippen molar-refractivity contribution >= 4 is 5.91 Å². The fourth-order valence-electron chi connectivity index (χ4n) is 3.47. The second kappa shape index (κ2) is 9.43. The summed E-state index contributed by atoms with van der Waals surface area (Å²) >= 11 is 0. The Labute approximate surface area is 154 Å². The molecule has 1 aliphatic rings. The molecule has 1 unspecified atom stereocenters. The number of carbonyl (C=O) groups excluding carboxylic acids is 1. The van der Waals surface area contributed by atoms with Crippen LogP contribution in [0.25, 0.3) is 0 Å². The van der Waals surface area contributed by atoms with Gasteiger partial charge in [-0.2, -0.15) is 0 Å². The molecule has 0 saturated carbocycles. The maximum atomic E-state index is 13.3. The summed E-state index contributed by atoms with van der Waals surface area (Å²) in [6, 6.07) is 11.8. The van der Waals surface area contributed by atoms with Gasteiger partial charge in [-0.25, -0.2) is 4.39 Å². The number of carbonyl (C=O) groups is 1. The molecule has 2 heterocycles. The molecule has 1 aliphatic heterocycles. The first-order valence-electron chi connectivity index (χ1n) is 9.41. The van der Waals surface area contributed by atoms with E-state index >= 15 is 0 Å². The van der Waals surface area contributed by atoms with E-state index in [2.05, 4.69) is 15.2 Å².